The van der Waals surface area contributed by atoms with Gasteiger partial charge in [-0.25, -0.2) is 0 Å². The third-order valence-electron chi connectivity index (χ3n) is 3.71. The highest BCUT2D eigenvalue weighted by Crippen LogP contribution is 2.20. The van der Waals surface area contributed by atoms with Gasteiger partial charge >= 0.3 is 0 Å². The summed E-state index contributed by atoms with van der Waals surface area (Å²) in [5.41, 5.74) is 2.53. The average Bonchev–Trinajstić information content (AvgIpc) is 2.51. The summed E-state index contributed by atoms with van der Waals surface area (Å²) in [6.45, 7) is 7.60. The van der Waals surface area contributed by atoms with Crippen LogP contribution in [0.4, 0.5) is 0 Å². The predicted molar refractivity (Wildman–Crippen MR) is 89.5 cm³/mol. The highest BCUT2D eigenvalue weighted by Gasteiger charge is 2.10. The van der Waals surface area contributed by atoms with Crippen molar-refractivity contribution < 1.29 is 9.47 Å². The van der Waals surface area contributed by atoms with E-state index in [1.807, 2.05) is 13.8 Å². The van der Waals surface area contributed by atoms with Gasteiger partial charge in [0.25, 0.3) is 0 Å². The minimum atomic E-state index is -0.219. The average molecular weight is 292 g/mol. The van der Waals surface area contributed by atoms with Gasteiger partial charge in [-0.05, 0) is 32.3 Å². The Morgan fingerprint density at radius 2 is 1.33 bits per heavy atom. The Morgan fingerprint density at radius 1 is 0.762 bits per heavy atom. The van der Waals surface area contributed by atoms with E-state index in [2.05, 4.69) is 31.2 Å². The van der Waals surface area contributed by atoms with Gasteiger partial charge < -0.3 is 9.47 Å². The Labute approximate surface area is 130 Å². The first kappa shape index (κ1) is 18.2. The van der Waals surface area contributed by atoms with Gasteiger partial charge in [-0.3, -0.25) is 0 Å². The number of ether oxygens (including phenoxy) is 2. The molecule has 1 aromatic rings. The molecule has 0 aliphatic carbocycles. The molecule has 0 atom stereocenters. The third kappa shape index (κ3) is 7.63. The lowest BCUT2D eigenvalue weighted by molar-refractivity contribution is -0.140. The fraction of sp³-hybridized carbons (Fsp3) is 0.684. The first-order valence-corrected chi connectivity index (χ1v) is 8.63. The number of aryl methyl sites for hydroxylation is 1. The molecule has 0 saturated heterocycles. The highest BCUT2D eigenvalue weighted by atomic mass is 16.7. The molecule has 0 bridgehead atoms. The molecule has 0 radical (unpaired) electrons. The number of benzene rings is 1. The topological polar surface area (TPSA) is 18.5 Å². The lowest BCUT2D eigenvalue weighted by Gasteiger charge is -2.17. The summed E-state index contributed by atoms with van der Waals surface area (Å²) >= 11 is 0. The Balaban J connectivity index is 2.35. The molecule has 0 unspecified atom stereocenters. The molecule has 0 aromatic heterocycles. The van der Waals surface area contributed by atoms with E-state index >= 15 is 0 Å². The molecule has 21 heavy (non-hydrogen) atoms. The minimum Gasteiger partial charge on any atom is -0.349 e. The van der Waals surface area contributed by atoms with E-state index in [1.54, 1.807) is 0 Å². The maximum Gasteiger partial charge on any atom is 0.183 e. The molecule has 2 nitrogen and oxygen atoms in total. The van der Waals surface area contributed by atoms with Crippen LogP contribution in [0.3, 0.4) is 0 Å². The van der Waals surface area contributed by atoms with E-state index < -0.39 is 0 Å². The van der Waals surface area contributed by atoms with Crippen LogP contribution in [-0.2, 0) is 15.9 Å². The van der Waals surface area contributed by atoms with Crippen molar-refractivity contribution in [3.05, 3.63) is 35.4 Å². The smallest absolute Gasteiger partial charge is 0.183 e. The lowest BCUT2D eigenvalue weighted by atomic mass is 10.0. The van der Waals surface area contributed by atoms with Crippen molar-refractivity contribution >= 4 is 0 Å². The van der Waals surface area contributed by atoms with E-state index in [1.165, 1.54) is 50.5 Å². The molecule has 120 valence electrons. The van der Waals surface area contributed by atoms with Crippen LogP contribution in [0.2, 0.25) is 0 Å². The number of rotatable bonds is 12. The molecular formula is C19H32O2. The standard InChI is InChI=1S/C19H32O2/c1-4-7-8-9-10-11-12-17-13-15-18(16-14-17)19(20-5-2)21-6-3/h13-16,19H,4-12H2,1-3H3. The van der Waals surface area contributed by atoms with E-state index in [9.17, 15) is 0 Å². The van der Waals surface area contributed by atoms with Crippen molar-refractivity contribution in [1.29, 1.82) is 0 Å². The van der Waals surface area contributed by atoms with Gasteiger partial charge in [0.15, 0.2) is 6.29 Å². The first-order valence-electron chi connectivity index (χ1n) is 8.63. The Hall–Kier alpha value is -0.860. The molecular weight excluding hydrogens is 260 g/mol. The van der Waals surface area contributed by atoms with Crippen LogP contribution in [0.25, 0.3) is 0 Å². The third-order valence-corrected chi connectivity index (χ3v) is 3.71. The summed E-state index contributed by atoms with van der Waals surface area (Å²) in [4.78, 5) is 0. The summed E-state index contributed by atoms with van der Waals surface area (Å²) < 4.78 is 11.2. The molecule has 0 aliphatic heterocycles. The fourth-order valence-electron chi connectivity index (χ4n) is 2.49. The van der Waals surface area contributed by atoms with Crippen LogP contribution < -0.4 is 0 Å². The van der Waals surface area contributed by atoms with Gasteiger partial charge in [0.05, 0.1) is 0 Å². The maximum absolute atomic E-state index is 5.62. The Bertz CT molecular complexity index is 339. The van der Waals surface area contributed by atoms with Gasteiger partial charge in [-0.2, -0.15) is 0 Å². The first-order chi connectivity index (χ1) is 10.3. The number of hydrogen-bond donors (Lipinski definition) is 0. The Morgan fingerprint density at radius 3 is 1.90 bits per heavy atom. The normalized spacial score (nSPS) is 11.2. The zero-order valence-electron chi connectivity index (χ0n) is 14.1. The van der Waals surface area contributed by atoms with Gasteiger partial charge in [0.1, 0.15) is 0 Å². The van der Waals surface area contributed by atoms with Crippen LogP contribution in [0.5, 0.6) is 0 Å². The molecule has 0 saturated carbocycles. The van der Waals surface area contributed by atoms with Gasteiger partial charge in [-0.1, -0.05) is 63.3 Å². The summed E-state index contributed by atoms with van der Waals surface area (Å²) in [6, 6.07) is 8.71. The van der Waals surface area contributed by atoms with Crippen LogP contribution in [0.15, 0.2) is 24.3 Å². The van der Waals surface area contributed by atoms with Crippen molar-refractivity contribution in [2.24, 2.45) is 0 Å². The quantitative estimate of drug-likeness (QED) is 0.365. The largest absolute Gasteiger partial charge is 0.349 e. The van der Waals surface area contributed by atoms with Gasteiger partial charge in [-0.15, -0.1) is 0 Å². The van der Waals surface area contributed by atoms with Crippen LogP contribution in [0, 0.1) is 0 Å². The van der Waals surface area contributed by atoms with Gasteiger partial charge in [0.2, 0.25) is 0 Å². The zero-order valence-corrected chi connectivity index (χ0v) is 14.1. The van der Waals surface area contributed by atoms with E-state index in [4.69, 9.17) is 9.47 Å². The monoisotopic (exact) mass is 292 g/mol. The molecule has 1 aromatic carbocycles. The van der Waals surface area contributed by atoms with Crippen LogP contribution >= 0.6 is 0 Å². The lowest BCUT2D eigenvalue weighted by Crippen LogP contribution is -2.08. The van der Waals surface area contributed by atoms with Crippen molar-refractivity contribution in [2.45, 2.75) is 72.0 Å². The molecule has 0 fully saturated rings. The van der Waals surface area contributed by atoms with E-state index in [0.717, 1.165) is 5.56 Å². The van der Waals surface area contributed by atoms with Crippen molar-refractivity contribution in [2.75, 3.05) is 13.2 Å². The van der Waals surface area contributed by atoms with Crippen LogP contribution in [-0.4, -0.2) is 13.2 Å². The molecule has 0 amide bonds. The summed E-state index contributed by atoms with van der Waals surface area (Å²) in [6.07, 6.45) is 9.07. The number of unbranched alkanes of at least 4 members (excludes halogenated alkanes) is 5. The fourth-order valence-corrected chi connectivity index (χ4v) is 2.49. The molecule has 2 heteroatoms. The molecule has 1 rings (SSSR count). The van der Waals surface area contributed by atoms with Crippen molar-refractivity contribution in [3.63, 3.8) is 0 Å². The number of hydrogen-bond acceptors (Lipinski definition) is 2. The second-order valence-electron chi connectivity index (χ2n) is 5.50. The Kier molecular flexibility index (Phi) is 10.2. The summed E-state index contributed by atoms with van der Waals surface area (Å²) in [7, 11) is 0. The van der Waals surface area contributed by atoms with Crippen molar-refractivity contribution in [1.82, 2.24) is 0 Å². The van der Waals surface area contributed by atoms with Crippen molar-refractivity contribution in [3.8, 4) is 0 Å². The molecule has 0 spiro atoms. The van der Waals surface area contributed by atoms with E-state index in [-0.39, 0.29) is 6.29 Å². The molecule has 0 N–H and O–H groups in total. The van der Waals surface area contributed by atoms with E-state index in [0.29, 0.717) is 13.2 Å². The summed E-state index contributed by atoms with van der Waals surface area (Å²) in [5.74, 6) is 0. The predicted octanol–water partition coefficient (Wildman–Crippen LogP) is 5.66. The van der Waals surface area contributed by atoms with Gasteiger partial charge in [0, 0.05) is 18.8 Å². The molecule has 0 heterocycles. The summed E-state index contributed by atoms with van der Waals surface area (Å²) in [5, 5.41) is 0. The minimum absolute atomic E-state index is 0.219. The maximum atomic E-state index is 5.62. The molecule has 0 aliphatic rings. The zero-order chi connectivity index (χ0) is 15.3. The highest BCUT2D eigenvalue weighted by molar-refractivity contribution is 5.23. The SMILES string of the molecule is CCCCCCCCc1ccc(C(OCC)OCC)cc1. The van der Waals surface area contributed by atoms with Crippen LogP contribution in [0.1, 0.15) is 76.7 Å². The second-order valence-corrected chi connectivity index (χ2v) is 5.50. The second kappa shape index (κ2) is 11.8.